The average Bonchev–Trinajstić information content (AvgIpc) is 2.47. The number of benzene rings is 2. The molecule has 2 atom stereocenters. The van der Waals surface area contributed by atoms with Crippen LogP contribution in [0.3, 0.4) is 0 Å². The molecule has 0 fully saturated rings. The average molecular weight is 266 g/mol. The minimum atomic E-state index is -1.29. The second-order valence-corrected chi connectivity index (χ2v) is 5.13. The van der Waals surface area contributed by atoms with Gasteiger partial charge < -0.3 is 10.2 Å². The standard InChI is InChI=1S/C18H18O2/c1-17(19,15-9-5-3-6-10-15)13-14-18(2,20)16-11-7-4-8-12-16/h3-12,19-20H,1-2H3/t17-,18-/m1/s1. The van der Waals surface area contributed by atoms with Crippen molar-refractivity contribution in [1.29, 1.82) is 0 Å². The smallest absolute Gasteiger partial charge is 0.148 e. The number of aliphatic hydroxyl groups is 2. The highest BCUT2D eigenvalue weighted by Gasteiger charge is 2.23. The zero-order valence-electron chi connectivity index (χ0n) is 11.7. The van der Waals surface area contributed by atoms with Gasteiger partial charge in [0.15, 0.2) is 0 Å². The summed E-state index contributed by atoms with van der Waals surface area (Å²) in [5.41, 5.74) is -1.17. The van der Waals surface area contributed by atoms with Crippen molar-refractivity contribution in [1.82, 2.24) is 0 Å². The molecule has 0 heterocycles. The summed E-state index contributed by atoms with van der Waals surface area (Å²) in [6.45, 7) is 3.24. The molecule has 0 aliphatic carbocycles. The highest BCUT2D eigenvalue weighted by molar-refractivity contribution is 5.36. The van der Waals surface area contributed by atoms with Crippen LogP contribution in [0.4, 0.5) is 0 Å². The first-order chi connectivity index (χ1) is 9.42. The molecule has 0 radical (unpaired) electrons. The van der Waals surface area contributed by atoms with Crippen LogP contribution in [0.15, 0.2) is 60.7 Å². The van der Waals surface area contributed by atoms with Crippen LogP contribution in [0, 0.1) is 11.8 Å². The van der Waals surface area contributed by atoms with E-state index in [1.54, 1.807) is 13.8 Å². The Hall–Kier alpha value is -2.08. The van der Waals surface area contributed by atoms with Crippen LogP contribution < -0.4 is 0 Å². The molecule has 2 rings (SSSR count). The minimum absolute atomic E-state index is 0.705. The summed E-state index contributed by atoms with van der Waals surface area (Å²) in [7, 11) is 0. The van der Waals surface area contributed by atoms with E-state index in [0.29, 0.717) is 11.1 Å². The number of rotatable bonds is 2. The van der Waals surface area contributed by atoms with E-state index in [1.807, 2.05) is 60.7 Å². The van der Waals surface area contributed by atoms with Gasteiger partial charge in [-0.2, -0.15) is 0 Å². The van der Waals surface area contributed by atoms with E-state index in [-0.39, 0.29) is 0 Å². The lowest BCUT2D eigenvalue weighted by Gasteiger charge is -2.20. The molecule has 20 heavy (non-hydrogen) atoms. The van der Waals surface area contributed by atoms with E-state index in [1.165, 1.54) is 0 Å². The van der Waals surface area contributed by atoms with Crippen molar-refractivity contribution in [2.75, 3.05) is 0 Å². The fourth-order valence-electron chi connectivity index (χ4n) is 1.91. The van der Waals surface area contributed by atoms with Crippen molar-refractivity contribution in [3.05, 3.63) is 71.8 Å². The van der Waals surface area contributed by atoms with Crippen molar-refractivity contribution in [3.63, 3.8) is 0 Å². The largest absolute Gasteiger partial charge is 0.374 e. The van der Waals surface area contributed by atoms with E-state index in [4.69, 9.17) is 0 Å². The molecule has 2 nitrogen and oxygen atoms in total. The zero-order chi connectivity index (χ0) is 14.6. The van der Waals surface area contributed by atoms with Crippen molar-refractivity contribution in [2.24, 2.45) is 0 Å². The van der Waals surface area contributed by atoms with E-state index < -0.39 is 11.2 Å². The summed E-state index contributed by atoms with van der Waals surface area (Å²) in [6, 6.07) is 18.4. The maximum atomic E-state index is 10.4. The van der Waals surface area contributed by atoms with Crippen molar-refractivity contribution in [3.8, 4) is 11.8 Å². The maximum absolute atomic E-state index is 10.4. The molecule has 0 saturated carbocycles. The lowest BCUT2D eigenvalue weighted by molar-refractivity contribution is 0.109. The molecule has 0 aromatic heterocycles. The van der Waals surface area contributed by atoms with E-state index in [0.717, 1.165) is 0 Å². The predicted molar refractivity (Wildman–Crippen MR) is 79.8 cm³/mol. The molecule has 2 aromatic carbocycles. The summed E-state index contributed by atoms with van der Waals surface area (Å²) in [4.78, 5) is 0. The van der Waals surface area contributed by atoms with Crippen LogP contribution in [0.25, 0.3) is 0 Å². The summed E-state index contributed by atoms with van der Waals surface area (Å²) >= 11 is 0. The molecule has 102 valence electrons. The minimum Gasteiger partial charge on any atom is -0.374 e. The third-order valence-electron chi connectivity index (χ3n) is 3.22. The molecule has 0 bridgehead atoms. The Labute approximate surface area is 119 Å². The molecule has 2 aromatic rings. The van der Waals surface area contributed by atoms with Crippen LogP contribution in [0.5, 0.6) is 0 Å². The van der Waals surface area contributed by atoms with Gasteiger partial charge in [0, 0.05) is 0 Å². The molecule has 0 aliphatic heterocycles. The normalized spacial score (nSPS) is 16.4. The molecular weight excluding hydrogens is 248 g/mol. The van der Waals surface area contributed by atoms with Gasteiger partial charge in [0.2, 0.25) is 0 Å². The quantitative estimate of drug-likeness (QED) is 0.821. The summed E-state index contributed by atoms with van der Waals surface area (Å²) < 4.78 is 0. The first-order valence-electron chi connectivity index (χ1n) is 6.52. The third kappa shape index (κ3) is 3.27. The topological polar surface area (TPSA) is 40.5 Å². The van der Waals surface area contributed by atoms with Gasteiger partial charge in [-0.3, -0.25) is 0 Å². The van der Waals surface area contributed by atoms with Crippen LogP contribution in [0.2, 0.25) is 0 Å². The fourth-order valence-corrected chi connectivity index (χ4v) is 1.91. The molecule has 0 aliphatic rings. The van der Waals surface area contributed by atoms with Gasteiger partial charge in [-0.25, -0.2) is 0 Å². The Bertz CT molecular complexity index is 561. The Balaban J connectivity index is 2.30. The van der Waals surface area contributed by atoms with Crippen LogP contribution >= 0.6 is 0 Å². The van der Waals surface area contributed by atoms with Gasteiger partial charge in [0.25, 0.3) is 0 Å². The third-order valence-corrected chi connectivity index (χ3v) is 3.22. The molecule has 0 spiro atoms. The second kappa shape index (κ2) is 5.50. The first kappa shape index (κ1) is 14.3. The predicted octanol–water partition coefficient (Wildman–Crippen LogP) is 2.81. The summed E-state index contributed by atoms with van der Waals surface area (Å²) in [5, 5.41) is 20.8. The molecule has 0 saturated heterocycles. The van der Waals surface area contributed by atoms with E-state index >= 15 is 0 Å². The Kier molecular flexibility index (Phi) is 3.94. The number of hydrogen-bond donors (Lipinski definition) is 2. The lowest BCUT2D eigenvalue weighted by atomic mass is 9.92. The second-order valence-electron chi connectivity index (χ2n) is 5.13. The lowest BCUT2D eigenvalue weighted by Crippen LogP contribution is -2.23. The number of hydrogen-bond acceptors (Lipinski definition) is 2. The van der Waals surface area contributed by atoms with E-state index in [2.05, 4.69) is 11.8 Å². The van der Waals surface area contributed by atoms with Crippen LogP contribution in [-0.4, -0.2) is 10.2 Å². The van der Waals surface area contributed by atoms with E-state index in [9.17, 15) is 10.2 Å². The van der Waals surface area contributed by atoms with Gasteiger partial charge >= 0.3 is 0 Å². The Morgan fingerprint density at radius 2 is 0.950 bits per heavy atom. The molecule has 2 N–H and O–H groups in total. The first-order valence-corrected chi connectivity index (χ1v) is 6.52. The molecule has 2 heteroatoms. The Morgan fingerprint density at radius 3 is 1.25 bits per heavy atom. The zero-order valence-corrected chi connectivity index (χ0v) is 11.7. The Morgan fingerprint density at radius 1 is 0.650 bits per heavy atom. The summed E-state index contributed by atoms with van der Waals surface area (Å²) in [5.74, 6) is 5.54. The van der Waals surface area contributed by atoms with Gasteiger partial charge in [0.1, 0.15) is 11.2 Å². The monoisotopic (exact) mass is 266 g/mol. The summed E-state index contributed by atoms with van der Waals surface area (Å²) in [6.07, 6.45) is 0. The molecule has 0 unspecified atom stereocenters. The van der Waals surface area contributed by atoms with Crippen molar-refractivity contribution in [2.45, 2.75) is 25.0 Å². The molecule has 0 amide bonds. The van der Waals surface area contributed by atoms with Crippen molar-refractivity contribution >= 4 is 0 Å². The SMILES string of the molecule is C[C@@](O)(C#C[C@@](C)(O)c1ccccc1)c1ccccc1. The molecular formula is C18H18O2. The highest BCUT2D eigenvalue weighted by Crippen LogP contribution is 2.22. The van der Waals surface area contributed by atoms with Gasteiger partial charge in [-0.1, -0.05) is 72.5 Å². The van der Waals surface area contributed by atoms with Crippen LogP contribution in [-0.2, 0) is 11.2 Å². The van der Waals surface area contributed by atoms with Gasteiger partial charge in [-0.15, -0.1) is 0 Å². The highest BCUT2D eigenvalue weighted by atomic mass is 16.3. The van der Waals surface area contributed by atoms with Gasteiger partial charge in [0.05, 0.1) is 0 Å². The fraction of sp³-hybridized carbons (Fsp3) is 0.222. The van der Waals surface area contributed by atoms with Crippen molar-refractivity contribution < 1.29 is 10.2 Å². The van der Waals surface area contributed by atoms with Gasteiger partial charge in [-0.05, 0) is 25.0 Å². The maximum Gasteiger partial charge on any atom is 0.148 e. The van der Waals surface area contributed by atoms with Crippen LogP contribution in [0.1, 0.15) is 25.0 Å².